The van der Waals surface area contributed by atoms with E-state index in [9.17, 15) is 18.3 Å². The van der Waals surface area contributed by atoms with Crippen molar-refractivity contribution >= 4 is 27.6 Å². The van der Waals surface area contributed by atoms with Gasteiger partial charge >= 0.3 is 6.03 Å². The molecule has 3 aromatic carbocycles. The number of rotatable bonds is 9. The molecule has 0 aliphatic carbocycles. The summed E-state index contributed by atoms with van der Waals surface area (Å²) < 4.78 is 31.1. The Morgan fingerprint density at radius 2 is 1.53 bits per heavy atom. The Morgan fingerprint density at radius 3 is 2.16 bits per heavy atom. The van der Waals surface area contributed by atoms with Gasteiger partial charge in [0.1, 0.15) is 11.6 Å². The summed E-state index contributed by atoms with van der Waals surface area (Å²) in [6.07, 6.45) is 3.69. The molecule has 3 heterocycles. The molecule has 228 valence electrons. The Hall–Kier alpha value is -5.26. The van der Waals surface area contributed by atoms with Crippen LogP contribution in [0.25, 0.3) is 0 Å². The standard InChI is InChI=1S/C34H32N6O4S/c1-38-32(18-19-33(38)45(43,44)39(23-25-11-4-2-5-12-25)24-26-13-6-3-7-14-26)36-34(42)40-30(28-16-8-9-17-31(28)41)21-29(37-40)27-15-10-20-35-22-27/h2-20,22,30,41H,21,23-24H2,1H3,(H,36,42). The number of phenols is 1. The van der Waals surface area contributed by atoms with Crippen molar-refractivity contribution in [2.75, 3.05) is 5.32 Å². The second kappa shape index (κ2) is 12.8. The van der Waals surface area contributed by atoms with Gasteiger partial charge in [0.15, 0.2) is 5.03 Å². The average Bonchev–Trinajstić information content (AvgIpc) is 3.67. The summed E-state index contributed by atoms with van der Waals surface area (Å²) >= 11 is 0. The van der Waals surface area contributed by atoms with Crippen LogP contribution in [0.4, 0.5) is 10.6 Å². The second-order valence-electron chi connectivity index (χ2n) is 10.7. The van der Waals surface area contributed by atoms with Crippen LogP contribution in [-0.4, -0.2) is 44.1 Å². The first-order valence-electron chi connectivity index (χ1n) is 14.4. The van der Waals surface area contributed by atoms with Crippen molar-refractivity contribution in [3.05, 3.63) is 144 Å². The molecule has 0 fully saturated rings. The van der Waals surface area contributed by atoms with Gasteiger partial charge in [-0.1, -0.05) is 84.9 Å². The number of amides is 2. The number of phenolic OH excluding ortho intramolecular Hbond substituents is 1. The molecule has 0 saturated carbocycles. The van der Waals surface area contributed by atoms with E-state index >= 15 is 0 Å². The van der Waals surface area contributed by atoms with E-state index in [-0.39, 0.29) is 29.7 Å². The van der Waals surface area contributed by atoms with Crippen LogP contribution in [-0.2, 0) is 30.2 Å². The van der Waals surface area contributed by atoms with Crippen molar-refractivity contribution in [2.45, 2.75) is 30.6 Å². The van der Waals surface area contributed by atoms with Gasteiger partial charge in [0.2, 0.25) is 0 Å². The summed E-state index contributed by atoms with van der Waals surface area (Å²) in [5, 5.41) is 19.4. The lowest BCUT2D eigenvalue weighted by Gasteiger charge is -2.24. The van der Waals surface area contributed by atoms with E-state index < -0.39 is 22.1 Å². The Balaban J connectivity index is 1.29. The van der Waals surface area contributed by atoms with Crippen LogP contribution in [0.5, 0.6) is 5.75 Å². The van der Waals surface area contributed by atoms with Crippen molar-refractivity contribution in [1.29, 1.82) is 0 Å². The van der Waals surface area contributed by atoms with Crippen LogP contribution < -0.4 is 5.32 Å². The van der Waals surface area contributed by atoms with Gasteiger partial charge in [-0.3, -0.25) is 10.3 Å². The van der Waals surface area contributed by atoms with Gasteiger partial charge in [0.25, 0.3) is 10.0 Å². The zero-order valence-electron chi connectivity index (χ0n) is 24.6. The monoisotopic (exact) mass is 620 g/mol. The van der Waals surface area contributed by atoms with Gasteiger partial charge in [-0.05, 0) is 35.4 Å². The van der Waals surface area contributed by atoms with E-state index in [1.807, 2.05) is 66.7 Å². The van der Waals surface area contributed by atoms with Crippen LogP contribution in [0.3, 0.4) is 0 Å². The molecule has 5 aromatic rings. The van der Waals surface area contributed by atoms with Gasteiger partial charge in [0, 0.05) is 50.1 Å². The number of hydrogen-bond acceptors (Lipinski definition) is 6. The molecule has 2 amide bonds. The largest absolute Gasteiger partial charge is 0.508 e. The number of pyridine rings is 1. The van der Waals surface area contributed by atoms with E-state index in [0.29, 0.717) is 17.7 Å². The molecule has 1 unspecified atom stereocenters. The first kappa shape index (κ1) is 29.8. The number of sulfonamides is 1. The van der Waals surface area contributed by atoms with Crippen molar-refractivity contribution < 1.29 is 18.3 Å². The smallest absolute Gasteiger partial charge is 0.343 e. The Labute approximate surface area is 261 Å². The Morgan fingerprint density at radius 1 is 0.889 bits per heavy atom. The van der Waals surface area contributed by atoms with E-state index in [1.165, 1.54) is 19.9 Å². The fraction of sp³-hybridized carbons (Fsp3) is 0.147. The molecule has 1 aliphatic rings. The molecule has 1 atom stereocenters. The lowest BCUT2D eigenvalue weighted by Crippen LogP contribution is -2.33. The van der Waals surface area contributed by atoms with Gasteiger partial charge in [-0.2, -0.15) is 9.41 Å². The molecule has 45 heavy (non-hydrogen) atoms. The Kier molecular flexibility index (Phi) is 8.45. The molecule has 6 rings (SSSR count). The number of hydrazone groups is 1. The third kappa shape index (κ3) is 6.35. The molecule has 2 N–H and O–H groups in total. The highest BCUT2D eigenvalue weighted by atomic mass is 32.2. The molecule has 1 aliphatic heterocycles. The highest BCUT2D eigenvalue weighted by Crippen LogP contribution is 2.37. The highest BCUT2D eigenvalue weighted by molar-refractivity contribution is 7.89. The SMILES string of the molecule is Cn1c(NC(=O)N2N=C(c3cccnc3)CC2c2ccccc2O)ccc1S(=O)(=O)N(Cc1ccccc1)Cc1ccccc1. The van der Waals surface area contributed by atoms with Crippen molar-refractivity contribution in [2.24, 2.45) is 12.1 Å². The molecule has 0 bridgehead atoms. The lowest BCUT2D eigenvalue weighted by molar-refractivity contribution is 0.199. The summed E-state index contributed by atoms with van der Waals surface area (Å²) in [5.74, 6) is 0.325. The van der Waals surface area contributed by atoms with Crippen LogP contribution in [0.15, 0.2) is 132 Å². The molecule has 10 nitrogen and oxygen atoms in total. The summed E-state index contributed by atoms with van der Waals surface area (Å²) in [4.78, 5) is 17.9. The number of benzene rings is 3. The Bertz CT molecular complexity index is 1890. The van der Waals surface area contributed by atoms with Gasteiger partial charge in [-0.15, -0.1) is 0 Å². The quantitative estimate of drug-likeness (QED) is 0.213. The van der Waals surface area contributed by atoms with E-state index in [1.54, 1.807) is 55.8 Å². The zero-order valence-corrected chi connectivity index (χ0v) is 25.4. The predicted molar refractivity (Wildman–Crippen MR) is 172 cm³/mol. The van der Waals surface area contributed by atoms with Gasteiger partial charge in [0.05, 0.1) is 11.8 Å². The third-order valence-electron chi connectivity index (χ3n) is 7.73. The summed E-state index contributed by atoms with van der Waals surface area (Å²) in [5.41, 5.74) is 3.65. The number of aromatic nitrogens is 2. The number of carbonyl (C=O) groups is 1. The maximum atomic E-state index is 14.1. The normalized spacial score (nSPS) is 14.8. The van der Waals surface area contributed by atoms with Gasteiger partial charge in [-0.25, -0.2) is 18.2 Å². The number of carbonyl (C=O) groups excluding carboxylic acids is 1. The van der Waals surface area contributed by atoms with E-state index in [4.69, 9.17) is 0 Å². The minimum Gasteiger partial charge on any atom is -0.508 e. The minimum absolute atomic E-state index is 0.0305. The van der Waals surface area contributed by atoms with Crippen LogP contribution in [0.1, 0.15) is 34.7 Å². The number of hydrogen-bond donors (Lipinski definition) is 2. The summed E-state index contributed by atoms with van der Waals surface area (Å²) in [7, 11) is -2.40. The summed E-state index contributed by atoms with van der Waals surface area (Å²) in [6, 6.07) is 31.2. The van der Waals surface area contributed by atoms with E-state index in [2.05, 4.69) is 15.4 Å². The highest BCUT2D eigenvalue weighted by Gasteiger charge is 2.35. The number of anilines is 1. The van der Waals surface area contributed by atoms with Crippen LogP contribution in [0.2, 0.25) is 0 Å². The minimum atomic E-state index is -4.00. The lowest BCUT2D eigenvalue weighted by atomic mass is 9.98. The molecular formula is C34H32N6O4S. The van der Waals surface area contributed by atoms with Crippen LogP contribution >= 0.6 is 0 Å². The van der Waals surface area contributed by atoms with Crippen molar-refractivity contribution in [1.82, 2.24) is 18.9 Å². The maximum Gasteiger partial charge on any atom is 0.343 e. The molecule has 2 aromatic heterocycles. The molecule has 0 spiro atoms. The van der Waals surface area contributed by atoms with E-state index in [0.717, 1.165) is 16.7 Å². The topological polar surface area (TPSA) is 120 Å². The second-order valence-corrected chi connectivity index (χ2v) is 12.6. The first-order valence-corrected chi connectivity index (χ1v) is 15.8. The summed E-state index contributed by atoms with van der Waals surface area (Å²) in [6.45, 7) is 0.347. The number of nitrogens with zero attached hydrogens (tertiary/aromatic N) is 5. The third-order valence-corrected chi connectivity index (χ3v) is 9.60. The molecular weight excluding hydrogens is 588 g/mol. The molecule has 0 radical (unpaired) electrons. The zero-order chi connectivity index (χ0) is 31.4. The predicted octanol–water partition coefficient (Wildman–Crippen LogP) is 5.90. The van der Waals surface area contributed by atoms with Crippen LogP contribution in [0, 0.1) is 0 Å². The number of para-hydroxylation sites is 1. The first-order chi connectivity index (χ1) is 21.8. The number of nitrogens with one attached hydrogen (secondary N) is 1. The molecule has 0 saturated heterocycles. The van der Waals surface area contributed by atoms with Gasteiger partial charge < -0.3 is 9.67 Å². The fourth-order valence-electron chi connectivity index (χ4n) is 5.39. The van der Waals surface area contributed by atoms with Crippen molar-refractivity contribution in [3.8, 4) is 5.75 Å². The molecule has 11 heteroatoms. The number of urea groups is 1. The average molecular weight is 621 g/mol. The van der Waals surface area contributed by atoms with Crippen molar-refractivity contribution in [3.63, 3.8) is 0 Å². The fourth-order valence-corrected chi connectivity index (χ4v) is 6.98. The number of aromatic hydroxyl groups is 1. The maximum absolute atomic E-state index is 14.1.